The van der Waals surface area contributed by atoms with Crippen LogP contribution >= 0.6 is 12.4 Å². The lowest BCUT2D eigenvalue weighted by molar-refractivity contribution is -0.137. The van der Waals surface area contributed by atoms with Crippen molar-refractivity contribution in [3.63, 3.8) is 0 Å². The number of alkyl halides is 3. The summed E-state index contributed by atoms with van der Waals surface area (Å²) in [6.07, 6.45) is -3.02. The van der Waals surface area contributed by atoms with Crippen LogP contribution in [0, 0.1) is 5.92 Å². The zero-order valence-electron chi connectivity index (χ0n) is 13.0. The molecule has 0 aliphatic carbocycles. The monoisotopic (exact) mass is 365 g/mol. The number of amides is 2. The highest BCUT2D eigenvalue weighted by molar-refractivity contribution is 5.99. The maximum absolute atomic E-state index is 12.8. The van der Waals surface area contributed by atoms with Crippen molar-refractivity contribution in [2.75, 3.05) is 23.7 Å². The van der Waals surface area contributed by atoms with E-state index in [4.69, 9.17) is 0 Å². The Hall–Kier alpha value is -1.80. The smallest absolute Gasteiger partial charge is 0.325 e. The van der Waals surface area contributed by atoms with Crippen molar-refractivity contribution in [1.82, 2.24) is 5.32 Å². The van der Waals surface area contributed by atoms with Crippen LogP contribution < -0.4 is 16.0 Å². The van der Waals surface area contributed by atoms with Crippen molar-refractivity contribution < 1.29 is 22.8 Å². The molecule has 0 radical (unpaired) electrons. The number of benzene rings is 1. The van der Waals surface area contributed by atoms with Crippen LogP contribution in [0.2, 0.25) is 0 Å². The predicted octanol–water partition coefficient (Wildman–Crippen LogP) is 3.02. The molecule has 2 rings (SSSR count). The Morgan fingerprint density at radius 3 is 2.46 bits per heavy atom. The maximum atomic E-state index is 12.8. The quantitative estimate of drug-likeness (QED) is 0.771. The van der Waals surface area contributed by atoms with E-state index in [9.17, 15) is 22.8 Å². The van der Waals surface area contributed by atoms with Crippen LogP contribution in [0.4, 0.5) is 24.5 Å². The number of halogens is 4. The van der Waals surface area contributed by atoms with E-state index in [2.05, 4.69) is 16.0 Å². The van der Waals surface area contributed by atoms with Gasteiger partial charge < -0.3 is 16.0 Å². The SMILES string of the molecule is CC(=O)Nc1ccc(C(F)(F)F)cc1NC(=O)C1CCCNC1.Cl. The third kappa shape index (κ3) is 5.38. The number of carbonyl (C=O) groups is 2. The number of hydrogen-bond donors (Lipinski definition) is 3. The van der Waals surface area contributed by atoms with Gasteiger partial charge in [0.25, 0.3) is 0 Å². The van der Waals surface area contributed by atoms with Crippen molar-refractivity contribution in [2.24, 2.45) is 5.92 Å². The lowest BCUT2D eigenvalue weighted by atomic mass is 9.98. The molecule has 2 amide bonds. The summed E-state index contributed by atoms with van der Waals surface area (Å²) >= 11 is 0. The average Bonchev–Trinajstić information content (AvgIpc) is 2.48. The van der Waals surface area contributed by atoms with Gasteiger partial charge in [0.05, 0.1) is 22.9 Å². The van der Waals surface area contributed by atoms with Gasteiger partial charge in [0, 0.05) is 13.5 Å². The summed E-state index contributed by atoms with van der Waals surface area (Å²) in [5.74, 6) is -1.09. The summed E-state index contributed by atoms with van der Waals surface area (Å²) < 4.78 is 38.5. The van der Waals surface area contributed by atoms with Crippen LogP contribution in [-0.2, 0) is 15.8 Å². The number of rotatable bonds is 3. The molecule has 1 heterocycles. The van der Waals surface area contributed by atoms with Crippen molar-refractivity contribution in [1.29, 1.82) is 0 Å². The van der Waals surface area contributed by atoms with E-state index in [1.807, 2.05) is 0 Å². The standard InChI is InChI=1S/C15H18F3N3O2.ClH/c1-9(22)20-12-5-4-11(15(16,17)18)7-13(12)21-14(23)10-3-2-6-19-8-10;/h4-5,7,10,19H,2-3,6,8H2,1H3,(H,20,22)(H,21,23);1H. The first kappa shape index (κ1) is 20.2. The van der Waals surface area contributed by atoms with Gasteiger partial charge >= 0.3 is 6.18 Å². The number of hydrogen-bond acceptors (Lipinski definition) is 3. The summed E-state index contributed by atoms with van der Waals surface area (Å²) in [6, 6.07) is 2.83. The topological polar surface area (TPSA) is 70.2 Å². The van der Waals surface area contributed by atoms with E-state index in [1.54, 1.807) is 0 Å². The molecule has 0 saturated carbocycles. The van der Waals surface area contributed by atoms with Gasteiger partial charge in [-0.1, -0.05) is 0 Å². The van der Waals surface area contributed by atoms with Crippen molar-refractivity contribution >= 4 is 35.6 Å². The first-order valence-electron chi connectivity index (χ1n) is 7.28. The maximum Gasteiger partial charge on any atom is 0.416 e. The van der Waals surface area contributed by atoms with Crippen LogP contribution in [0.1, 0.15) is 25.3 Å². The zero-order chi connectivity index (χ0) is 17.0. The Kier molecular flexibility index (Phi) is 7.04. The van der Waals surface area contributed by atoms with Gasteiger partial charge in [0.15, 0.2) is 0 Å². The molecule has 5 nitrogen and oxygen atoms in total. The third-order valence-electron chi connectivity index (χ3n) is 3.58. The highest BCUT2D eigenvalue weighted by Gasteiger charge is 2.31. The van der Waals surface area contributed by atoms with E-state index in [1.165, 1.54) is 6.92 Å². The molecule has 1 aromatic rings. The Morgan fingerprint density at radius 2 is 1.92 bits per heavy atom. The van der Waals surface area contributed by atoms with Crippen LogP contribution in [0.5, 0.6) is 0 Å². The van der Waals surface area contributed by atoms with Crippen molar-refractivity contribution in [3.05, 3.63) is 23.8 Å². The minimum absolute atomic E-state index is 0. The molecule has 0 spiro atoms. The fraction of sp³-hybridized carbons (Fsp3) is 0.467. The highest BCUT2D eigenvalue weighted by Crippen LogP contribution is 2.34. The summed E-state index contributed by atoms with van der Waals surface area (Å²) in [5, 5.41) is 8.00. The van der Waals surface area contributed by atoms with E-state index >= 15 is 0 Å². The van der Waals surface area contributed by atoms with Crippen molar-refractivity contribution in [3.8, 4) is 0 Å². The van der Waals surface area contributed by atoms with Gasteiger partial charge in [0.1, 0.15) is 0 Å². The highest BCUT2D eigenvalue weighted by atomic mass is 35.5. The Labute approximate surface area is 143 Å². The lowest BCUT2D eigenvalue weighted by Crippen LogP contribution is -2.37. The normalized spacial score (nSPS) is 17.6. The third-order valence-corrected chi connectivity index (χ3v) is 3.58. The summed E-state index contributed by atoms with van der Waals surface area (Å²) in [5.41, 5.74) is -0.795. The molecule has 9 heteroatoms. The lowest BCUT2D eigenvalue weighted by Gasteiger charge is -2.23. The van der Waals surface area contributed by atoms with Gasteiger partial charge in [-0.05, 0) is 37.6 Å². The second-order valence-corrected chi connectivity index (χ2v) is 5.47. The molecule has 3 N–H and O–H groups in total. The summed E-state index contributed by atoms with van der Waals surface area (Å²) in [4.78, 5) is 23.4. The zero-order valence-corrected chi connectivity index (χ0v) is 13.8. The minimum atomic E-state index is -4.53. The van der Waals surface area contributed by atoms with E-state index in [-0.39, 0.29) is 35.6 Å². The fourth-order valence-corrected chi connectivity index (χ4v) is 2.43. The number of anilines is 2. The van der Waals surface area contributed by atoms with E-state index < -0.39 is 17.6 Å². The molecule has 1 aliphatic rings. The molecular weight excluding hydrogens is 347 g/mol. The fourth-order valence-electron chi connectivity index (χ4n) is 2.43. The number of carbonyl (C=O) groups excluding carboxylic acids is 2. The minimum Gasteiger partial charge on any atom is -0.325 e. The van der Waals surface area contributed by atoms with Gasteiger partial charge in [-0.15, -0.1) is 12.4 Å². The van der Waals surface area contributed by atoms with E-state index in [0.29, 0.717) is 13.0 Å². The van der Waals surface area contributed by atoms with Gasteiger partial charge in [-0.25, -0.2) is 0 Å². The van der Waals surface area contributed by atoms with Crippen LogP contribution in [0.3, 0.4) is 0 Å². The molecule has 0 aromatic heterocycles. The molecule has 1 aliphatic heterocycles. The Balaban J connectivity index is 0.00000288. The molecule has 1 fully saturated rings. The average molecular weight is 366 g/mol. The molecular formula is C15H19ClF3N3O2. The second-order valence-electron chi connectivity index (χ2n) is 5.47. The first-order chi connectivity index (χ1) is 10.8. The molecule has 1 unspecified atom stereocenters. The van der Waals surface area contributed by atoms with Crippen molar-refractivity contribution in [2.45, 2.75) is 25.9 Å². The molecule has 0 bridgehead atoms. The van der Waals surface area contributed by atoms with Gasteiger partial charge in [-0.2, -0.15) is 13.2 Å². The molecule has 1 atom stereocenters. The first-order valence-corrected chi connectivity index (χ1v) is 7.28. The Bertz CT molecular complexity index is 602. The molecule has 1 saturated heterocycles. The second kappa shape index (κ2) is 8.34. The summed E-state index contributed by atoms with van der Waals surface area (Å²) in [6.45, 7) is 2.55. The number of piperidine rings is 1. The Morgan fingerprint density at radius 1 is 1.21 bits per heavy atom. The molecule has 24 heavy (non-hydrogen) atoms. The van der Waals surface area contributed by atoms with Gasteiger partial charge in [0.2, 0.25) is 11.8 Å². The largest absolute Gasteiger partial charge is 0.416 e. The summed E-state index contributed by atoms with van der Waals surface area (Å²) in [7, 11) is 0. The van der Waals surface area contributed by atoms with Crippen LogP contribution in [0.25, 0.3) is 0 Å². The predicted molar refractivity (Wildman–Crippen MR) is 87.2 cm³/mol. The molecule has 1 aromatic carbocycles. The molecule has 134 valence electrons. The van der Waals surface area contributed by atoms with Crippen LogP contribution in [-0.4, -0.2) is 24.9 Å². The van der Waals surface area contributed by atoms with E-state index in [0.717, 1.165) is 31.2 Å². The van der Waals surface area contributed by atoms with Gasteiger partial charge in [-0.3, -0.25) is 9.59 Å². The number of nitrogens with one attached hydrogen (secondary N) is 3. The van der Waals surface area contributed by atoms with Crippen LogP contribution in [0.15, 0.2) is 18.2 Å².